The summed E-state index contributed by atoms with van der Waals surface area (Å²) in [7, 11) is 1.50. The fourth-order valence-corrected chi connectivity index (χ4v) is 0.963. The fraction of sp³-hybridized carbons (Fsp3) is 1.00. The van der Waals surface area contributed by atoms with Gasteiger partial charge in [-0.25, -0.2) is 0 Å². The Kier molecular flexibility index (Phi) is 32.5. The second kappa shape index (κ2) is 22.7. The van der Waals surface area contributed by atoms with E-state index in [0.717, 1.165) is 13.0 Å². The van der Waals surface area contributed by atoms with Gasteiger partial charge in [0.2, 0.25) is 0 Å². The van der Waals surface area contributed by atoms with Gasteiger partial charge in [0.15, 0.2) is 0 Å². The van der Waals surface area contributed by atoms with Crippen LogP contribution >= 0.6 is 0 Å². The first-order chi connectivity index (χ1) is 6.35. The molecule has 2 N–H and O–H groups in total. The molecule has 2 heteroatoms. The summed E-state index contributed by atoms with van der Waals surface area (Å²) >= 11 is 0. The minimum atomic E-state index is 0.514. The number of hydrogen-bond donors (Lipinski definition) is 1. The molecule has 1 atom stereocenters. The maximum Gasteiger partial charge on any atom is 0.0572 e. The highest BCUT2D eigenvalue weighted by Gasteiger charge is 2.01. The Labute approximate surface area is 84.9 Å². The molecule has 13 heavy (non-hydrogen) atoms. The van der Waals surface area contributed by atoms with Gasteiger partial charge in [-0.15, -0.1) is 0 Å². The smallest absolute Gasteiger partial charge is 0.0572 e. The Morgan fingerprint density at radius 1 is 1.08 bits per heavy atom. The highest BCUT2D eigenvalue weighted by atomic mass is 16.5. The summed E-state index contributed by atoms with van der Waals surface area (Å²) in [6.45, 7) is 11.3. The zero-order valence-corrected chi connectivity index (χ0v) is 10.4. The third-order valence-corrected chi connectivity index (χ3v) is 1.47. The van der Waals surface area contributed by atoms with Gasteiger partial charge in [-0.3, -0.25) is 0 Å². The van der Waals surface area contributed by atoms with Gasteiger partial charge in [0.25, 0.3) is 0 Å². The van der Waals surface area contributed by atoms with Gasteiger partial charge < -0.3 is 10.5 Å². The molecule has 0 spiro atoms. The first kappa shape index (κ1) is 18.7. The van der Waals surface area contributed by atoms with Crippen molar-refractivity contribution < 1.29 is 4.74 Å². The molecule has 0 aliphatic carbocycles. The van der Waals surface area contributed by atoms with Crippen LogP contribution in [0.25, 0.3) is 0 Å². The van der Waals surface area contributed by atoms with E-state index in [0.29, 0.717) is 6.10 Å². The highest BCUT2D eigenvalue weighted by molar-refractivity contribution is 4.52. The van der Waals surface area contributed by atoms with Crippen LogP contribution in [0, 0.1) is 0 Å². The Bertz CT molecular complexity index is 52.1. The van der Waals surface area contributed by atoms with Crippen molar-refractivity contribution in [1.82, 2.24) is 0 Å². The van der Waals surface area contributed by atoms with Crippen molar-refractivity contribution in [2.45, 2.75) is 60.0 Å². The molecule has 0 aromatic heterocycles. The summed E-state index contributed by atoms with van der Waals surface area (Å²) in [5.74, 6) is 0. The van der Waals surface area contributed by atoms with Crippen LogP contribution in [0.1, 0.15) is 53.9 Å². The highest BCUT2D eigenvalue weighted by Crippen LogP contribution is 2.04. The molecule has 0 bridgehead atoms. The van der Waals surface area contributed by atoms with Crippen molar-refractivity contribution in [3.05, 3.63) is 0 Å². The maximum absolute atomic E-state index is 5.43. The summed E-state index contributed by atoms with van der Waals surface area (Å²) in [5.41, 5.74) is 4.50. The van der Waals surface area contributed by atoms with E-state index >= 15 is 0 Å². The summed E-state index contributed by atoms with van der Waals surface area (Å²) in [6.07, 6.45) is 4.12. The molecule has 84 valence electrons. The molecular formula is C11H29NO. The fourth-order valence-electron chi connectivity index (χ4n) is 0.963. The maximum atomic E-state index is 5.43. The van der Waals surface area contributed by atoms with E-state index in [1.165, 1.54) is 19.9 Å². The molecular weight excluding hydrogens is 162 g/mol. The predicted molar refractivity (Wildman–Crippen MR) is 62.1 cm³/mol. The van der Waals surface area contributed by atoms with E-state index in [2.05, 4.69) is 26.5 Å². The lowest BCUT2D eigenvalue weighted by Crippen LogP contribution is -2.10. The molecule has 0 saturated heterocycles. The third kappa shape index (κ3) is 18.7. The van der Waals surface area contributed by atoms with Crippen molar-refractivity contribution in [3.8, 4) is 0 Å². The van der Waals surface area contributed by atoms with Crippen LogP contribution in [0.3, 0.4) is 0 Å². The van der Waals surface area contributed by atoms with Crippen LogP contribution in [-0.4, -0.2) is 19.8 Å². The lowest BCUT2D eigenvalue weighted by atomic mass is 10.2. The molecule has 0 aliphatic rings. The molecule has 0 rings (SSSR count). The van der Waals surface area contributed by atoms with Crippen molar-refractivity contribution in [1.29, 1.82) is 0 Å². The molecule has 2 nitrogen and oxygen atoms in total. The molecule has 0 aromatic carbocycles. The molecule has 0 fully saturated rings. The second-order valence-electron chi connectivity index (χ2n) is 2.27. The average Bonchev–Trinajstić information content (AvgIpc) is 2.23. The lowest BCUT2D eigenvalue weighted by Gasteiger charge is -2.12. The van der Waals surface area contributed by atoms with E-state index in [1.54, 1.807) is 0 Å². The van der Waals surface area contributed by atoms with Gasteiger partial charge in [0.05, 0.1) is 6.10 Å². The second-order valence-corrected chi connectivity index (χ2v) is 2.27. The van der Waals surface area contributed by atoms with Gasteiger partial charge in [-0.1, -0.05) is 34.1 Å². The molecule has 0 radical (unpaired) electrons. The van der Waals surface area contributed by atoms with E-state index in [-0.39, 0.29) is 0 Å². The normalized spacial score (nSPS) is 10.4. The number of nitrogens with two attached hydrogens (primary N) is 1. The monoisotopic (exact) mass is 191 g/mol. The van der Waals surface area contributed by atoms with Crippen molar-refractivity contribution in [3.63, 3.8) is 0 Å². The van der Waals surface area contributed by atoms with E-state index < -0.39 is 0 Å². The molecule has 0 aromatic rings. The predicted octanol–water partition coefficient (Wildman–Crippen LogP) is 3.20. The Morgan fingerprint density at radius 3 is 1.77 bits per heavy atom. The van der Waals surface area contributed by atoms with Crippen LogP contribution in [0.5, 0.6) is 0 Å². The average molecular weight is 191 g/mol. The zero-order valence-electron chi connectivity index (χ0n) is 10.4. The standard InChI is InChI=1S/C8H18O.C2H6.CH5N/c1-4-7-8(5-2)9-6-3;2*1-2/h8H,4-7H2,1-3H3;1-2H3;2H2,1H3. The Morgan fingerprint density at radius 2 is 1.54 bits per heavy atom. The molecule has 0 aliphatic heterocycles. The minimum Gasteiger partial charge on any atom is -0.379 e. The third-order valence-electron chi connectivity index (χ3n) is 1.47. The SMILES string of the molecule is CC.CCCC(CC)OCC.CN. The first-order valence-corrected chi connectivity index (χ1v) is 5.54. The van der Waals surface area contributed by atoms with Gasteiger partial charge in [0.1, 0.15) is 0 Å². The molecule has 1 unspecified atom stereocenters. The van der Waals surface area contributed by atoms with Crippen LogP contribution in [-0.2, 0) is 4.74 Å². The first-order valence-electron chi connectivity index (χ1n) is 5.54. The summed E-state index contributed by atoms with van der Waals surface area (Å²) in [5, 5.41) is 0. The summed E-state index contributed by atoms with van der Waals surface area (Å²) < 4.78 is 5.43. The van der Waals surface area contributed by atoms with Crippen LogP contribution in [0.4, 0.5) is 0 Å². The molecule has 0 heterocycles. The Balaban J connectivity index is -0.000000218. The number of rotatable bonds is 5. The summed E-state index contributed by atoms with van der Waals surface area (Å²) in [6, 6.07) is 0. The molecule has 0 saturated carbocycles. The topological polar surface area (TPSA) is 35.2 Å². The van der Waals surface area contributed by atoms with Gasteiger partial charge in [-0.05, 0) is 26.8 Å². The van der Waals surface area contributed by atoms with E-state index in [1.807, 2.05) is 13.8 Å². The van der Waals surface area contributed by atoms with Gasteiger partial charge in [0, 0.05) is 6.61 Å². The van der Waals surface area contributed by atoms with Crippen molar-refractivity contribution >= 4 is 0 Å². The molecule has 0 amide bonds. The quantitative estimate of drug-likeness (QED) is 0.724. The Hall–Kier alpha value is -0.0800. The van der Waals surface area contributed by atoms with Crippen molar-refractivity contribution in [2.75, 3.05) is 13.7 Å². The minimum absolute atomic E-state index is 0.514. The van der Waals surface area contributed by atoms with E-state index in [9.17, 15) is 0 Å². The summed E-state index contributed by atoms with van der Waals surface area (Å²) in [4.78, 5) is 0. The number of hydrogen-bond acceptors (Lipinski definition) is 2. The van der Waals surface area contributed by atoms with Gasteiger partial charge in [-0.2, -0.15) is 0 Å². The number of ether oxygens (including phenoxy) is 1. The van der Waals surface area contributed by atoms with Crippen molar-refractivity contribution in [2.24, 2.45) is 5.73 Å². The van der Waals surface area contributed by atoms with Crippen LogP contribution in [0.2, 0.25) is 0 Å². The van der Waals surface area contributed by atoms with Crippen LogP contribution in [0.15, 0.2) is 0 Å². The van der Waals surface area contributed by atoms with Gasteiger partial charge >= 0.3 is 0 Å². The largest absolute Gasteiger partial charge is 0.379 e. The lowest BCUT2D eigenvalue weighted by molar-refractivity contribution is 0.0538. The van der Waals surface area contributed by atoms with Crippen LogP contribution < -0.4 is 5.73 Å². The van der Waals surface area contributed by atoms with E-state index in [4.69, 9.17) is 4.74 Å². The zero-order chi connectivity index (χ0) is 11.1.